The normalized spacial score (nSPS) is 23.0. The Morgan fingerprint density at radius 2 is 1.93 bits per heavy atom. The minimum absolute atomic E-state index is 0.0670. The fourth-order valence-electron chi connectivity index (χ4n) is 5.25. The highest BCUT2D eigenvalue weighted by Crippen LogP contribution is 2.46. The van der Waals surface area contributed by atoms with Crippen molar-refractivity contribution in [2.75, 3.05) is 31.1 Å². The third kappa shape index (κ3) is 5.60. The van der Waals surface area contributed by atoms with Crippen LogP contribution in [0.25, 0.3) is 5.57 Å². The van der Waals surface area contributed by atoms with Gasteiger partial charge >= 0.3 is 6.55 Å². The van der Waals surface area contributed by atoms with Gasteiger partial charge in [0.05, 0.1) is 17.2 Å². The number of benzene rings is 1. The van der Waals surface area contributed by atoms with E-state index in [1.165, 1.54) is 29.5 Å². The summed E-state index contributed by atoms with van der Waals surface area (Å²) in [6, 6.07) is 3.64. The predicted octanol–water partition coefficient (Wildman–Crippen LogP) is 3.08. The van der Waals surface area contributed by atoms with Crippen molar-refractivity contribution in [2.24, 2.45) is 4.99 Å². The molecule has 3 aliphatic heterocycles. The molecule has 42 heavy (non-hydrogen) atoms. The Hall–Kier alpha value is -2.83. The number of nitrogens with zero attached hydrogens (tertiary/aromatic N) is 6. The van der Waals surface area contributed by atoms with Gasteiger partial charge < -0.3 is 4.90 Å². The number of aliphatic imine (C=N–C) groups is 1. The van der Waals surface area contributed by atoms with Gasteiger partial charge in [-0.05, 0) is 18.2 Å². The van der Waals surface area contributed by atoms with Crippen LogP contribution in [0.2, 0.25) is 5.02 Å². The van der Waals surface area contributed by atoms with Crippen LogP contribution in [-0.2, 0) is 20.0 Å². The molecule has 0 bridgehead atoms. The fraction of sp³-hybridized carbons (Fsp3) is 0.375. The highest BCUT2D eigenvalue weighted by atomic mass is 35.5. The van der Waals surface area contributed by atoms with E-state index in [9.17, 15) is 30.0 Å². The molecule has 1 N–H and O–H groups in total. The van der Waals surface area contributed by atoms with Crippen LogP contribution in [-0.4, -0.2) is 83.8 Å². The second-order valence-electron chi connectivity index (χ2n) is 9.86. The number of halogens is 4. The van der Waals surface area contributed by atoms with Crippen LogP contribution < -0.4 is 4.72 Å². The Labute approximate surface area is 248 Å². The van der Waals surface area contributed by atoms with Gasteiger partial charge in [-0.2, -0.15) is 31.3 Å². The van der Waals surface area contributed by atoms with Gasteiger partial charge in [0.1, 0.15) is 11.9 Å². The van der Waals surface area contributed by atoms with E-state index in [0.717, 1.165) is 16.6 Å². The quantitative estimate of drug-likeness (QED) is 0.412. The van der Waals surface area contributed by atoms with E-state index in [4.69, 9.17) is 16.6 Å². The van der Waals surface area contributed by atoms with Gasteiger partial charge in [0, 0.05) is 71.7 Å². The molecule has 3 aromatic rings. The Balaban J connectivity index is 1.44. The average Bonchev–Trinajstić information content (AvgIpc) is 3.68. The third-order valence-electron chi connectivity index (χ3n) is 7.18. The molecule has 2 atom stereocenters. The Morgan fingerprint density at radius 3 is 2.57 bits per heavy atom. The van der Waals surface area contributed by atoms with Crippen molar-refractivity contribution in [3.05, 3.63) is 74.8 Å². The van der Waals surface area contributed by atoms with Crippen LogP contribution in [0, 0.1) is 5.82 Å². The number of amidine groups is 1. The summed E-state index contributed by atoms with van der Waals surface area (Å²) in [6.45, 7) is -3.10. The molecule has 5 heterocycles. The second kappa shape index (κ2) is 11.0. The lowest BCUT2D eigenvalue weighted by Crippen LogP contribution is -2.51. The summed E-state index contributed by atoms with van der Waals surface area (Å²) in [4.78, 5) is 11.1. The van der Waals surface area contributed by atoms with Crippen LogP contribution >= 0.6 is 22.9 Å². The van der Waals surface area contributed by atoms with Gasteiger partial charge in [0.25, 0.3) is 10.2 Å². The first-order valence-electron chi connectivity index (χ1n) is 12.7. The molecule has 0 aliphatic carbocycles. The van der Waals surface area contributed by atoms with Crippen LogP contribution in [0.15, 0.2) is 52.7 Å². The van der Waals surface area contributed by atoms with Crippen LogP contribution in [0.3, 0.4) is 0 Å². The first-order valence-corrected chi connectivity index (χ1v) is 17.2. The Morgan fingerprint density at radius 1 is 1.17 bits per heavy atom. The minimum Gasteiger partial charge on any atom is -0.326 e. The number of aromatic nitrogens is 3. The maximum Gasteiger partial charge on any atom is 0.333 e. The van der Waals surface area contributed by atoms with E-state index in [1.807, 2.05) is 0 Å². The summed E-state index contributed by atoms with van der Waals surface area (Å²) in [5.41, 5.74) is 1.55. The molecule has 6 rings (SSSR count). The van der Waals surface area contributed by atoms with Crippen molar-refractivity contribution in [1.82, 2.24) is 28.7 Å². The molecule has 224 valence electrons. The number of rotatable bonds is 7. The standard InChI is InChI=1S/C24H23ClF3N7O4S3/c25-17-11-14(26)1-2-16(17)21-20(18-3-5-35(31-18)24(27)28)19-12-15(13-34(19)22(30-21)23-29-4-8-40-23)32-42(38,39)33-6-9-41(36,37)10-7-33/h1-5,8,11,15,21,24,32H,6-7,9-10,12-13H2/t15-,21-/m0/s1. The van der Waals surface area contributed by atoms with Crippen LogP contribution in [0.5, 0.6) is 0 Å². The molecular weight excluding hydrogens is 639 g/mol. The highest BCUT2D eigenvalue weighted by Gasteiger charge is 2.43. The van der Waals surface area contributed by atoms with E-state index in [2.05, 4.69) is 14.8 Å². The largest absolute Gasteiger partial charge is 0.333 e. The van der Waals surface area contributed by atoms with E-state index in [-0.39, 0.29) is 48.3 Å². The summed E-state index contributed by atoms with van der Waals surface area (Å²) in [5, 5.41) is 6.41. The van der Waals surface area contributed by atoms with Crippen molar-refractivity contribution < 1.29 is 30.0 Å². The van der Waals surface area contributed by atoms with Crippen LogP contribution in [0.1, 0.15) is 35.3 Å². The zero-order valence-electron chi connectivity index (χ0n) is 21.6. The van der Waals surface area contributed by atoms with Crippen molar-refractivity contribution >= 4 is 54.4 Å². The number of fused-ring (bicyclic) bond motifs is 1. The molecule has 0 unspecified atom stereocenters. The monoisotopic (exact) mass is 661 g/mol. The summed E-state index contributed by atoms with van der Waals surface area (Å²) in [7, 11) is -7.36. The second-order valence-corrected chi connectivity index (χ2v) is 15.2. The van der Waals surface area contributed by atoms with E-state index in [0.29, 0.717) is 32.4 Å². The first-order chi connectivity index (χ1) is 19.9. The Bertz CT molecular complexity index is 1780. The molecular formula is C24H23ClF3N7O4S3. The molecule has 0 amide bonds. The van der Waals surface area contributed by atoms with Gasteiger partial charge in [-0.15, -0.1) is 11.3 Å². The van der Waals surface area contributed by atoms with Crippen molar-refractivity contribution in [2.45, 2.75) is 25.1 Å². The van der Waals surface area contributed by atoms with Crippen molar-refractivity contribution in [3.63, 3.8) is 0 Å². The number of thiazole rings is 1. The van der Waals surface area contributed by atoms with Gasteiger partial charge in [-0.1, -0.05) is 17.7 Å². The molecule has 2 fully saturated rings. The number of alkyl halides is 2. The first kappa shape index (κ1) is 29.3. The van der Waals surface area contributed by atoms with E-state index in [1.54, 1.807) is 16.5 Å². The smallest absolute Gasteiger partial charge is 0.326 e. The van der Waals surface area contributed by atoms with Gasteiger partial charge in [-0.3, -0.25) is 4.99 Å². The SMILES string of the molecule is O=S1(=O)CCN(S(=O)(=O)N[C@H]2CC3=C(c4ccn(C(F)F)n4)[C@H](c4ccc(F)cc4Cl)N=C(c4nccs4)N3C2)CC1. The lowest BCUT2D eigenvalue weighted by Gasteiger charge is -2.32. The van der Waals surface area contributed by atoms with E-state index < -0.39 is 44.5 Å². The van der Waals surface area contributed by atoms with Gasteiger partial charge in [0.15, 0.2) is 20.7 Å². The molecule has 3 aliphatic rings. The molecule has 0 spiro atoms. The zero-order valence-corrected chi connectivity index (χ0v) is 24.8. The lowest BCUT2D eigenvalue weighted by atomic mass is 9.92. The molecule has 1 aromatic carbocycles. The molecule has 2 saturated heterocycles. The average molecular weight is 662 g/mol. The molecule has 0 radical (unpaired) electrons. The summed E-state index contributed by atoms with van der Waals surface area (Å²) >= 11 is 7.77. The van der Waals surface area contributed by atoms with Crippen LogP contribution in [0.4, 0.5) is 13.2 Å². The maximum absolute atomic E-state index is 14.0. The van der Waals surface area contributed by atoms with Gasteiger partial charge in [0.2, 0.25) is 0 Å². The number of hydrogen-bond donors (Lipinski definition) is 1. The third-order valence-corrected chi connectivity index (χ3v) is 11.6. The highest BCUT2D eigenvalue weighted by molar-refractivity contribution is 7.91. The lowest BCUT2D eigenvalue weighted by molar-refractivity contribution is 0.0564. The molecule has 11 nitrogen and oxygen atoms in total. The van der Waals surface area contributed by atoms with Crippen molar-refractivity contribution in [3.8, 4) is 0 Å². The molecule has 2 aromatic heterocycles. The maximum atomic E-state index is 14.0. The number of sulfone groups is 1. The van der Waals surface area contributed by atoms with E-state index >= 15 is 0 Å². The van der Waals surface area contributed by atoms with Gasteiger partial charge in [-0.25, -0.2) is 22.5 Å². The zero-order chi connectivity index (χ0) is 29.8. The summed E-state index contributed by atoms with van der Waals surface area (Å²) in [5.74, 6) is -0.697. The Kier molecular flexibility index (Phi) is 7.68. The molecule has 0 saturated carbocycles. The number of nitrogens with one attached hydrogen (secondary N) is 1. The molecule has 18 heteroatoms. The van der Waals surface area contributed by atoms with Crippen molar-refractivity contribution in [1.29, 1.82) is 0 Å². The predicted molar refractivity (Wildman–Crippen MR) is 151 cm³/mol. The topological polar surface area (TPSA) is 130 Å². The fourth-order valence-corrected chi connectivity index (χ4v) is 8.99. The minimum atomic E-state index is -4.06. The number of hydrogen-bond acceptors (Lipinski definition) is 9. The summed E-state index contributed by atoms with van der Waals surface area (Å²) in [6.07, 6.45) is 2.84. The summed E-state index contributed by atoms with van der Waals surface area (Å²) < 4.78 is 95.5.